The molecular formula is C7H13N3O3S. The molecule has 7 heteroatoms. The van der Waals surface area contributed by atoms with Crippen molar-refractivity contribution in [2.75, 3.05) is 26.1 Å². The van der Waals surface area contributed by atoms with E-state index in [2.05, 4.69) is 10.3 Å². The monoisotopic (exact) mass is 219 g/mol. The molecule has 0 radical (unpaired) electrons. The molecule has 0 aliphatic rings. The van der Waals surface area contributed by atoms with Crippen molar-refractivity contribution in [3.05, 3.63) is 0 Å². The van der Waals surface area contributed by atoms with E-state index in [-0.39, 0.29) is 5.17 Å². The van der Waals surface area contributed by atoms with Crippen LogP contribution < -0.4 is 5.32 Å². The predicted molar refractivity (Wildman–Crippen MR) is 53.7 cm³/mol. The first-order chi connectivity index (χ1) is 6.67. The number of hydrogen-bond acceptors (Lipinski definition) is 6. The Labute approximate surface area is 86.3 Å². The number of nitrogens with zero attached hydrogens (tertiary/aromatic N) is 2. The van der Waals surface area contributed by atoms with E-state index in [0.717, 1.165) is 11.8 Å². The van der Waals surface area contributed by atoms with Gasteiger partial charge in [0, 0.05) is 0 Å². The second kappa shape index (κ2) is 6.62. The van der Waals surface area contributed by atoms with E-state index in [1.165, 1.54) is 0 Å². The van der Waals surface area contributed by atoms with Crippen molar-refractivity contribution in [1.82, 2.24) is 5.32 Å². The fourth-order valence-electron chi connectivity index (χ4n) is 0.644. The molecule has 0 bridgehead atoms. The Kier molecular flexibility index (Phi) is 6.23. The van der Waals surface area contributed by atoms with Crippen LogP contribution in [0.25, 0.3) is 0 Å². The molecule has 4 N–H and O–H groups in total. The Morgan fingerprint density at radius 1 is 1.43 bits per heavy atom. The van der Waals surface area contributed by atoms with Crippen LogP contribution in [0.5, 0.6) is 0 Å². The van der Waals surface area contributed by atoms with Crippen LogP contribution >= 0.6 is 11.8 Å². The normalized spacial score (nSPS) is 12.4. The summed E-state index contributed by atoms with van der Waals surface area (Å²) in [5, 5.41) is 37.7. The molecular weight excluding hydrogens is 206 g/mol. The minimum absolute atomic E-state index is 0.240. The SMILES string of the molecule is CSC(=NC(CO)(CO)CO)NC#N. The highest BCUT2D eigenvalue weighted by molar-refractivity contribution is 8.13. The van der Waals surface area contributed by atoms with E-state index < -0.39 is 25.4 Å². The van der Waals surface area contributed by atoms with Crippen molar-refractivity contribution >= 4 is 16.9 Å². The van der Waals surface area contributed by atoms with Gasteiger partial charge in [-0.15, -0.1) is 0 Å². The van der Waals surface area contributed by atoms with Crippen LogP contribution in [-0.4, -0.2) is 52.1 Å². The summed E-state index contributed by atoms with van der Waals surface area (Å²) in [5.41, 5.74) is -1.33. The molecule has 6 nitrogen and oxygen atoms in total. The topological polar surface area (TPSA) is 109 Å². The molecule has 0 fully saturated rings. The zero-order valence-corrected chi connectivity index (χ0v) is 8.58. The lowest BCUT2D eigenvalue weighted by Crippen LogP contribution is -2.41. The third-order valence-electron chi connectivity index (χ3n) is 1.58. The fourth-order valence-corrected chi connectivity index (χ4v) is 1.08. The molecule has 0 saturated carbocycles. The average molecular weight is 219 g/mol. The molecule has 0 atom stereocenters. The zero-order valence-electron chi connectivity index (χ0n) is 7.77. The first-order valence-electron chi connectivity index (χ1n) is 3.79. The van der Waals surface area contributed by atoms with Crippen LogP contribution in [0.15, 0.2) is 4.99 Å². The summed E-state index contributed by atoms with van der Waals surface area (Å²) in [5.74, 6) is 0. The number of aliphatic hydroxyl groups excluding tert-OH is 3. The Bertz CT molecular complexity index is 227. The Morgan fingerprint density at radius 2 is 1.93 bits per heavy atom. The molecule has 0 amide bonds. The highest BCUT2D eigenvalue weighted by Gasteiger charge is 2.27. The molecule has 0 unspecified atom stereocenters. The van der Waals surface area contributed by atoms with E-state index in [4.69, 9.17) is 20.6 Å². The fraction of sp³-hybridized carbons (Fsp3) is 0.714. The van der Waals surface area contributed by atoms with Crippen LogP contribution in [-0.2, 0) is 0 Å². The summed E-state index contributed by atoms with van der Waals surface area (Å²) in [7, 11) is 0. The van der Waals surface area contributed by atoms with Crippen LogP contribution in [0.1, 0.15) is 0 Å². The second-order valence-corrected chi connectivity index (χ2v) is 3.35. The maximum Gasteiger partial charge on any atom is 0.183 e. The van der Waals surface area contributed by atoms with E-state index in [9.17, 15) is 0 Å². The van der Waals surface area contributed by atoms with Crippen LogP contribution in [0.4, 0.5) is 0 Å². The van der Waals surface area contributed by atoms with Gasteiger partial charge in [0.25, 0.3) is 0 Å². The van der Waals surface area contributed by atoms with Crippen molar-refractivity contribution in [1.29, 1.82) is 5.26 Å². The van der Waals surface area contributed by atoms with Gasteiger partial charge in [-0.25, -0.2) is 4.99 Å². The zero-order chi connectivity index (χ0) is 11.0. The minimum atomic E-state index is -1.33. The van der Waals surface area contributed by atoms with Gasteiger partial charge in [0.1, 0.15) is 5.54 Å². The van der Waals surface area contributed by atoms with Gasteiger partial charge in [-0.1, -0.05) is 11.8 Å². The molecule has 0 aliphatic carbocycles. The van der Waals surface area contributed by atoms with Crippen molar-refractivity contribution in [2.24, 2.45) is 4.99 Å². The van der Waals surface area contributed by atoms with Gasteiger partial charge in [-0.05, 0) is 6.26 Å². The summed E-state index contributed by atoms with van der Waals surface area (Å²) in [4.78, 5) is 3.87. The molecule has 0 aliphatic heterocycles. The van der Waals surface area contributed by atoms with Crippen LogP contribution in [0.3, 0.4) is 0 Å². The van der Waals surface area contributed by atoms with E-state index in [0.29, 0.717) is 0 Å². The lowest BCUT2D eigenvalue weighted by atomic mass is 10.1. The number of amidine groups is 1. The highest BCUT2D eigenvalue weighted by atomic mass is 32.2. The highest BCUT2D eigenvalue weighted by Crippen LogP contribution is 2.11. The van der Waals surface area contributed by atoms with Gasteiger partial charge in [-0.3, -0.25) is 5.32 Å². The molecule has 0 aromatic rings. The average Bonchev–Trinajstić information content (AvgIpc) is 2.25. The smallest absolute Gasteiger partial charge is 0.183 e. The quantitative estimate of drug-likeness (QED) is 0.198. The van der Waals surface area contributed by atoms with Crippen LogP contribution in [0.2, 0.25) is 0 Å². The predicted octanol–water partition coefficient (Wildman–Crippen LogP) is -1.51. The molecule has 80 valence electrons. The lowest BCUT2D eigenvalue weighted by Gasteiger charge is -2.23. The number of aliphatic hydroxyl groups is 3. The number of nitriles is 1. The largest absolute Gasteiger partial charge is 0.394 e. The third kappa shape index (κ3) is 3.51. The van der Waals surface area contributed by atoms with E-state index in [1.807, 2.05) is 0 Å². The number of hydrogen-bond donors (Lipinski definition) is 4. The number of thioether (sulfide) groups is 1. The second-order valence-electron chi connectivity index (χ2n) is 2.56. The van der Waals surface area contributed by atoms with Gasteiger partial charge in [0.15, 0.2) is 11.4 Å². The Balaban J connectivity index is 4.75. The number of nitrogens with one attached hydrogen (secondary N) is 1. The Hall–Kier alpha value is -0.810. The van der Waals surface area contributed by atoms with Gasteiger partial charge >= 0.3 is 0 Å². The summed E-state index contributed by atoms with van der Waals surface area (Å²) in [6, 6.07) is 0. The van der Waals surface area contributed by atoms with Gasteiger partial charge < -0.3 is 15.3 Å². The van der Waals surface area contributed by atoms with Gasteiger partial charge in [0.2, 0.25) is 0 Å². The van der Waals surface area contributed by atoms with Gasteiger partial charge in [-0.2, -0.15) is 5.26 Å². The lowest BCUT2D eigenvalue weighted by molar-refractivity contribution is 0.0715. The molecule has 14 heavy (non-hydrogen) atoms. The molecule has 0 spiro atoms. The molecule has 0 saturated heterocycles. The number of rotatable bonds is 4. The van der Waals surface area contributed by atoms with E-state index >= 15 is 0 Å². The summed E-state index contributed by atoms with van der Waals surface area (Å²) in [6.07, 6.45) is 3.35. The molecule has 0 aromatic heterocycles. The Morgan fingerprint density at radius 3 is 2.21 bits per heavy atom. The first kappa shape index (κ1) is 13.2. The summed E-state index contributed by atoms with van der Waals surface area (Å²) in [6.45, 7) is -1.47. The van der Waals surface area contributed by atoms with Gasteiger partial charge in [0.05, 0.1) is 19.8 Å². The minimum Gasteiger partial charge on any atom is -0.394 e. The summed E-state index contributed by atoms with van der Waals surface area (Å²) >= 11 is 1.15. The molecule has 0 heterocycles. The maximum absolute atomic E-state index is 8.94. The third-order valence-corrected chi connectivity index (χ3v) is 2.16. The van der Waals surface area contributed by atoms with Crippen LogP contribution in [0, 0.1) is 11.5 Å². The van der Waals surface area contributed by atoms with E-state index in [1.54, 1.807) is 12.4 Å². The number of aliphatic imine (C=N–C) groups is 1. The standard InChI is InChI=1S/C7H13N3O3S/c1-14-6(9-5-8)10-7(2-11,3-12)4-13/h11-13H,2-4H2,1H3,(H,9,10). The molecule has 0 aromatic carbocycles. The van der Waals surface area contributed by atoms with Crippen molar-refractivity contribution < 1.29 is 15.3 Å². The first-order valence-corrected chi connectivity index (χ1v) is 5.02. The summed E-state index contributed by atoms with van der Waals surface area (Å²) < 4.78 is 0. The van der Waals surface area contributed by atoms with Crippen molar-refractivity contribution in [3.63, 3.8) is 0 Å². The van der Waals surface area contributed by atoms with Crippen molar-refractivity contribution in [3.8, 4) is 6.19 Å². The maximum atomic E-state index is 8.94. The van der Waals surface area contributed by atoms with Crippen molar-refractivity contribution in [2.45, 2.75) is 5.54 Å². The molecule has 0 rings (SSSR count).